The number of carboxylic acids is 1. The molecule has 0 aromatic rings. The van der Waals surface area contributed by atoms with Crippen molar-refractivity contribution in [2.45, 2.75) is 57.5 Å². The van der Waals surface area contributed by atoms with Gasteiger partial charge in [-0.2, -0.15) is 0 Å². The summed E-state index contributed by atoms with van der Waals surface area (Å²) in [6.45, 7) is 2.48. The van der Waals surface area contributed by atoms with Gasteiger partial charge in [0.05, 0.1) is 0 Å². The van der Waals surface area contributed by atoms with E-state index in [9.17, 15) is 9.59 Å². The van der Waals surface area contributed by atoms with Crippen LogP contribution in [0.2, 0.25) is 0 Å². The fraction of sp³-hybridized carbons (Fsp3) is 0.857. The molecule has 2 heterocycles. The Morgan fingerprint density at radius 3 is 2.37 bits per heavy atom. The summed E-state index contributed by atoms with van der Waals surface area (Å²) in [4.78, 5) is 25.3. The Morgan fingerprint density at radius 2 is 1.89 bits per heavy atom. The lowest BCUT2D eigenvalue weighted by molar-refractivity contribution is -0.142. The summed E-state index contributed by atoms with van der Waals surface area (Å²) in [6.07, 6.45) is 4.73. The van der Waals surface area contributed by atoms with Crippen molar-refractivity contribution in [1.29, 1.82) is 0 Å². The molecule has 5 nitrogen and oxygen atoms in total. The van der Waals surface area contributed by atoms with E-state index in [4.69, 9.17) is 10.8 Å². The van der Waals surface area contributed by atoms with E-state index in [2.05, 4.69) is 0 Å². The smallest absolute Gasteiger partial charge is 0.303 e. The maximum atomic E-state index is 12.4. The van der Waals surface area contributed by atoms with Gasteiger partial charge in [0.15, 0.2) is 0 Å². The second-order valence-corrected chi connectivity index (χ2v) is 6.04. The minimum atomic E-state index is -0.722. The topological polar surface area (TPSA) is 83.6 Å². The molecule has 1 amide bonds. The number of aliphatic carboxylic acids is 1. The van der Waals surface area contributed by atoms with E-state index in [1.807, 2.05) is 11.8 Å². The highest BCUT2D eigenvalue weighted by atomic mass is 16.4. The predicted molar refractivity (Wildman–Crippen MR) is 71.5 cm³/mol. The summed E-state index contributed by atoms with van der Waals surface area (Å²) in [5.74, 6) is -0.277. The first-order chi connectivity index (χ1) is 9.02. The van der Waals surface area contributed by atoms with E-state index in [-0.39, 0.29) is 36.2 Å². The van der Waals surface area contributed by atoms with Crippen LogP contribution in [0.25, 0.3) is 0 Å². The van der Waals surface area contributed by atoms with Crippen molar-refractivity contribution in [2.75, 3.05) is 6.54 Å². The Bertz CT molecular complexity index is 345. The second kappa shape index (κ2) is 5.90. The number of hydrogen-bond donors (Lipinski definition) is 2. The molecule has 0 radical (unpaired) electrons. The average Bonchev–Trinajstić information content (AvgIpc) is 2.59. The molecule has 0 aromatic carbocycles. The van der Waals surface area contributed by atoms with Crippen LogP contribution >= 0.6 is 0 Å². The molecule has 2 aliphatic heterocycles. The zero-order valence-corrected chi connectivity index (χ0v) is 11.5. The number of hydrogen-bond acceptors (Lipinski definition) is 3. The molecule has 3 atom stereocenters. The van der Waals surface area contributed by atoms with Crippen LogP contribution in [0, 0.1) is 11.8 Å². The quantitative estimate of drug-likeness (QED) is 0.785. The lowest BCUT2D eigenvalue weighted by Gasteiger charge is -2.40. The number of amides is 1. The van der Waals surface area contributed by atoms with Gasteiger partial charge in [0.2, 0.25) is 5.91 Å². The summed E-state index contributed by atoms with van der Waals surface area (Å²) in [5, 5.41) is 8.90. The number of carboxylic acid groups (broad SMARTS) is 1. The normalized spacial score (nSPS) is 31.3. The van der Waals surface area contributed by atoms with Gasteiger partial charge in [0, 0.05) is 24.4 Å². The van der Waals surface area contributed by atoms with Crippen molar-refractivity contribution < 1.29 is 14.7 Å². The van der Waals surface area contributed by atoms with Gasteiger partial charge in [0.1, 0.15) is 0 Å². The molecule has 2 aliphatic rings. The zero-order valence-electron chi connectivity index (χ0n) is 11.5. The van der Waals surface area contributed by atoms with Crippen molar-refractivity contribution >= 4 is 11.9 Å². The first-order valence-corrected chi connectivity index (χ1v) is 7.27. The number of rotatable bonds is 5. The number of piperidine rings is 1. The lowest BCUT2D eigenvalue weighted by Crippen LogP contribution is -2.49. The van der Waals surface area contributed by atoms with Crippen LogP contribution < -0.4 is 5.73 Å². The Labute approximate surface area is 114 Å². The first kappa shape index (κ1) is 14.3. The van der Waals surface area contributed by atoms with E-state index in [0.717, 1.165) is 32.1 Å². The van der Waals surface area contributed by atoms with Crippen LogP contribution in [0.15, 0.2) is 0 Å². The van der Waals surface area contributed by atoms with Crippen molar-refractivity contribution in [3.63, 3.8) is 0 Å². The van der Waals surface area contributed by atoms with Crippen LogP contribution in [-0.2, 0) is 9.59 Å². The molecular weight excluding hydrogens is 244 g/mol. The Hall–Kier alpha value is -1.10. The zero-order chi connectivity index (χ0) is 14.0. The molecule has 19 heavy (non-hydrogen) atoms. The van der Waals surface area contributed by atoms with Crippen molar-refractivity contribution in [1.82, 2.24) is 4.90 Å². The number of carbonyl (C=O) groups is 2. The van der Waals surface area contributed by atoms with Crippen molar-refractivity contribution in [2.24, 2.45) is 17.6 Å². The molecule has 0 saturated carbocycles. The van der Waals surface area contributed by atoms with Crippen molar-refractivity contribution in [3.8, 4) is 0 Å². The third-order valence-electron chi connectivity index (χ3n) is 4.57. The predicted octanol–water partition coefficient (Wildman–Crippen LogP) is 1.22. The molecule has 108 valence electrons. The highest BCUT2D eigenvalue weighted by molar-refractivity contribution is 5.79. The minimum Gasteiger partial charge on any atom is -0.481 e. The van der Waals surface area contributed by atoms with Crippen LogP contribution in [0.1, 0.15) is 45.4 Å². The van der Waals surface area contributed by atoms with Gasteiger partial charge < -0.3 is 15.7 Å². The van der Waals surface area contributed by atoms with Crippen molar-refractivity contribution in [3.05, 3.63) is 0 Å². The molecule has 2 bridgehead atoms. The second-order valence-electron chi connectivity index (χ2n) is 6.04. The summed E-state index contributed by atoms with van der Waals surface area (Å²) < 4.78 is 0. The van der Waals surface area contributed by atoms with Gasteiger partial charge in [-0.1, -0.05) is 6.92 Å². The van der Waals surface area contributed by atoms with E-state index in [1.165, 1.54) is 0 Å². The number of nitrogens with zero attached hydrogens (tertiary/aromatic N) is 1. The highest BCUT2D eigenvalue weighted by Crippen LogP contribution is 2.40. The van der Waals surface area contributed by atoms with Gasteiger partial charge >= 0.3 is 5.97 Å². The van der Waals surface area contributed by atoms with Gasteiger partial charge in [0.25, 0.3) is 0 Å². The lowest BCUT2D eigenvalue weighted by atomic mass is 9.87. The molecule has 2 rings (SSSR count). The van der Waals surface area contributed by atoms with Gasteiger partial charge in [-0.25, -0.2) is 0 Å². The maximum Gasteiger partial charge on any atom is 0.303 e. The van der Waals surface area contributed by atoms with Crippen LogP contribution in [-0.4, -0.2) is 40.5 Å². The van der Waals surface area contributed by atoms with E-state index < -0.39 is 5.97 Å². The third kappa shape index (κ3) is 3.08. The standard InChI is InChI=1S/C14H24N2O3/c1-9(4-5-15)14(19)16-11-2-3-12(16)7-10(6-11)8-13(17)18/h9-12H,2-8,15H2,1H3,(H,17,18). The summed E-state index contributed by atoms with van der Waals surface area (Å²) in [7, 11) is 0. The van der Waals surface area contributed by atoms with Crippen LogP contribution in [0.4, 0.5) is 0 Å². The maximum absolute atomic E-state index is 12.4. The number of carbonyl (C=O) groups excluding carboxylic acids is 1. The molecule has 0 spiro atoms. The summed E-state index contributed by atoms with van der Waals surface area (Å²) >= 11 is 0. The minimum absolute atomic E-state index is 0.0101. The van der Waals surface area contributed by atoms with Gasteiger partial charge in [-0.15, -0.1) is 0 Å². The molecule has 0 aliphatic carbocycles. The molecule has 3 N–H and O–H groups in total. The molecule has 5 heteroatoms. The van der Waals surface area contributed by atoms with E-state index >= 15 is 0 Å². The number of fused-ring (bicyclic) bond motifs is 2. The SMILES string of the molecule is CC(CCN)C(=O)N1C2CCC1CC(CC(=O)O)C2. The molecule has 2 saturated heterocycles. The van der Waals surface area contributed by atoms with Gasteiger partial charge in [-0.05, 0) is 44.6 Å². The van der Waals surface area contributed by atoms with Gasteiger partial charge in [-0.3, -0.25) is 9.59 Å². The Kier molecular flexibility index (Phi) is 4.45. The molecule has 2 fully saturated rings. The Morgan fingerprint density at radius 1 is 1.32 bits per heavy atom. The average molecular weight is 268 g/mol. The molecular formula is C14H24N2O3. The fourth-order valence-corrected chi connectivity index (χ4v) is 3.69. The summed E-state index contributed by atoms with van der Waals surface area (Å²) in [6, 6.07) is 0.520. The fourth-order valence-electron chi connectivity index (χ4n) is 3.69. The molecule has 0 aromatic heterocycles. The first-order valence-electron chi connectivity index (χ1n) is 7.27. The van der Waals surface area contributed by atoms with Crippen LogP contribution in [0.5, 0.6) is 0 Å². The molecule has 3 unspecified atom stereocenters. The van der Waals surface area contributed by atoms with E-state index in [1.54, 1.807) is 0 Å². The summed E-state index contributed by atoms with van der Waals surface area (Å²) in [5.41, 5.74) is 5.52. The number of nitrogens with two attached hydrogens (primary N) is 1. The Balaban J connectivity index is 1.99. The largest absolute Gasteiger partial charge is 0.481 e. The van der Waals surface area contributed by atoms with Crippen LogP contribution in [0.3, 0.4) is 0 Å². The van der Waals surface area contributed by atoms with E-state index in [0.29, 0.717) is 6.54 Å². The monoisotopic (exact) mass is 268 g/mol. The third-order valence-corrected chi connectivity index (χ3v) is 4.57. The highest BCUT2D eigenvalue weighted by Gasteiger charge is 2.44.